The molecule has 0 amide bonds. The molecule has 27 heavy (non-hydrogen) atoms. The normalized spacial score (nSPS) is 11.2. The van der Waals surface area contributed by atoms with E-state index < -0.39 is 10.1 Å². The van der Waals surface area contributed by atoms with Crippen LogP contribution in [0.1, 0.15) is 82.8 Å². The molecule has 0 N–H and O–H groups in total. The molecule has 0 spiro atoms. The second kappa shape index (κ2) is 15.8. The second-order valence-electron chi connectivity index (χ2n) is 7.03. The van der Waals surface area contributed by atoms with Crippen molar-refractivity contribution in [3.8, 4) is 5.75 Å². The number of rotatable bonds is 15. The van der Waals surface area contributed by atoms with Crippen molar-refractivity contribution in [2.24, 2.45) is 0 Å². The zero-order chi connectivity index (χ0) is 19.3. The third-order valence-corrected chi connectivity index (χ3v) is 5.33. The van der Waals surface area contributed by atoms with Gasteiger partial charge in [0.1, 0.15) is 5.75 Å². The van der Waals surface area contributed by atoms with Crippen molar-refractivity contribution in [2.75, 3.05) is 12.4 Å². The van der Waals surface area contributed by atoms with Gasteiger partial charge in [0.15, 0.2) is 0 Å². The average Bonchev–Trinajstić information content (AvgIpc) is 2.60. The van der Waals surface area contributed by atoms with E-state index in [1.54, 1.807) is 0 Å². The van der Waals surface area contributed by atoms with Gasteiger partial charge in [-0.25, -0.2) is 8.42 Å². The van der Waals surface area contributed by atoms with Crippen molar-refractivity contribution in [2.45, 2.75) is 84.5 Å². The minimum absolute atomic E-state index is 0. The molecule has 0 aliphatic rings. The maximum atomic E-state index is 10.7. The molecule has 0 fully saturated rings. The molecule has 6 heteroatoms. The summed E-state index contributed by atoms with van der Waals surface area (Å²) in [5.41, 5.74) is 2.56. The molecule has 0 aliphatic carbocycles. The predicted molar refractivity (Wildman–Crippen MR) is 107 cm³/mol. The Hall–Kier alpha value is -0.0700. The molecule has 0 aliphatic heterocycles. The Morgan fingerprint density at radius 3 is 2.11 bits per heavy atom. The van der Waals surface area contributed by atoms with Crippen LogP contribution < -0.4 is 34.3 Å². The number of benzene rings is 1. The van der Waals surface area contributed by atoms with Crippen LogP contribution in [0.15, 0.2) is 18.2 Å². The standard InChI is InChI=1S/C21H36O4S.Na/c1-3-5-7-9-12-19-14-15-21(25-16-11-17-26(22,23)24)20(18-19)13-10-8-6-4-2;/h14-15,18H,3-13,16-17H2,1-2H3,(H,22,23,24);/q;+1/p-1. The fourth-order valence-electron chi connectivity index (χ4n) is 3.04. The van der Waals surface area contributed by atoms with Crippen molar-refractivity contribution in [3.63, 3.8) is 0 Å². The van der Waals surface area contributed by atoms with Crippen LogP contribution in [0, 0.1) is 0 Å². The average molecular weight is 407 g/mol. The first-order valence-electron chi connectivity index (χ1n) is 10.1. The van der Waals surface area contributed by atoms with Gasteiger partial charge >= 0.3 is 29.6 Å². The molecule has 0 heterocycles. The molecule has 150 valence electrons. The molecule has 0 radical (unpaired) electrons. The first-order valence-corrected chi connectivity index (χ1v) is 11.7. The Morgan fingerprint density at radius 2 is 1.52 bits per heavy atom. The Kier molecular flexibility index (Phi) is 15.8. The summed E-state index contributed by atoms with van der Waals surface area (Å²) in [4.78, 5) is 0. The first kappa shape index (κ1) is 26.9. The van der Waals surface area contributed by atoms with Gasteiger partial charge in [-0.3, -0.25) is 0 Å². The number of aryl methyl sites for hydroxylation is 2. The van der Waals surface area contributed by atoms with Crippen molar-refractivity contribution in [1.82, 2.24) is 0 Å². The van der Waals surface area contributed by atoms with Gasteiger partial charge in [-0.05, 0) is 49.3 Å². The molecule has 0 unspecified atom stereocenters. The Balaban J connectivity index is 0.00000676. The molecular weight excluding hydrogens is 371 g/mol. The van der Waals surface area contributed by atoms with Crippen LogP contribution >= 0.6 is 0 Å². The maximum Gasteiger partial charge on any atom is 1.00 e. The van der Waals surface area contributed by atoms with Crippen LogP contribution in [0.5, 0.6) is 5.75 Å². The number of ether oxygens (including phenoxy) is 1. The molecule has 0 saturated heterocycles. The predicted octanol–water partition coefficient (Wildman–Crippen LogP) is 2.25. The van der Waals surface area contributed by atoms with Crippen LogP contribution in [0.4, 0.5) is 0 Å². The summed E-state index contributed by atoms with van der Waals surface area (Å²) < 4.78 is 37.9. The molecule has 1 aromatic rings. The summed E-state index contributed by atoms with van der Waals surface area (Å²) in [6, 6.07) is 6.37. The van der Waals surface area contributed by atoms with Gasteiger partial charge in [-0.2, -0.15) is 0 Å². The topological polar surface area (TPSA) is 66.4 Å². The van der Waals surface area contributed by atoms with E-state index in [2.05, 4.69) is 26.0 Å². The van der Waals surface area contributed by atoms with Crippen molar-refractivity contribution < 1.29 is 47.3 Å². The molecule has 1 rings (SSSR count). The number of unbranched alkanes of at least 4 members (excludes halogenated alkanes) is 6. The van der Waals surface area contributed by atoms with Crippen LogP contribution in [0.2, 0.25) is 0 Å². The number of hydrogen-bond acceptors (Lipinski definition) is 4. The summed E-state index contributed by atoms with van der Waals surface area (Å²) in [6.07, 6.45) is 12.1. The van der Waals surface area contributed by atoms with Crippen LogP contribution in [0.25, 0.3) is 0 Å². The Bertz CT molecular complexity index is 602. The SMILES string of the molecule is CCCCCCc1ccc(OCCCS(=O)(=O)[O-])c(CCCCCC)c1.[Na+]. The minimum atomic E-state index is -4.16. The number of hydrogen-bond donors (Lipinski definition) is 0. The van der Waals surface area contributed by atoms with E-state index in [9.17, 15) is 13.0 Å². The van der Waals surface area contributed by atoms with Crippen LogP contribution in [-0.4, -0.2) is 25.3 Å². The van der Waals surface area contributed by atoms with Gasteiger partial charge in [-0.1, -0.05) is 64.5 Å². The summed E-state index contributed by atoms with van der Waals surface area (Å²) in [7, 11) is -4.16. The van der Waals surface area contributed by atoms with Gasteiger partial charge in [0.25, 0.3) is 0 Å². The van der Waals surface area contributed by atoms with E-state index in [0.29, 0.717) is 0 Å². The van der Waals surface area contributed by atoms with E-state index in [0.717, 1.165) is 25.0 Å². The third-order valence-electron chi connectivity index (χ3n) is 4.54. The van der Waals surface area contributed by atoms with E-state index in [4.69, 9.17) is 4.74 Å². The molecule has 0 bridgehead atoms. The zero-order valence-electron chi connectivity index (χ0n) is 17.5. The van der Waals surface area contributed by atoms with Gasteiger partial charge < -0.3 is 9.29 Å². The molecule has 4 nitrogen and oxygen atoms in total. The second-order valence-corrected chi connectivity index (χ2v) is 8.55. The molecule has 0 atom stereocenters. The summed E-state index contributed by atoms with van der Waals surface area (Å²) >= 11 is 0. The maximum absolute atomic E-state index is 10.7. The van der Waals surface area contributed by atoms with Crippen LogP contribution in [-0.2, 0) is 23.0 Å². The summed E-state index contributed by atoms with van der Waals surface area (Å²) in [5.74, 6) is 0.469. The summed E-state index contributed by atoms with van der Waals surface area (Å²) in [5, 5.41) is 0. The fraction of sp³-hybridized carbons (Fsp3) is 0.714. The van der Waals surface area contributed by atoms with Gasteiger partial charge in [-0.15, -0.1) is 0 Å². The Labute approximate surface area is 188 Å². The van der Waals surface area contributed by atoms with Crippen molar-refractivity contribution >= 4 is 10.1 Å². The molecule has 0 aromatic heterocycles. The van der Waals surface area contributed by atoms with E-state index in [-0.39, 0.29) is 48.3 Å². The van der Waals surface area contributed by atoms with E-state index in [1.807, 2.05) is 6.07 Å². The quantitative estimate of drug-likeness (QED) is 0.255. The first-order chi connectivity index (χ1) is 12.5. The van der Waals surface area contributed by atoms with Crippen LogP contribution in [0.3, 0.4) is 0 Å². The van der Waals surface area contributed by atoms with Gasteiger partial charge in [0.2, 0.25) is 0 Å². The smallest absolute Gasteiger partial charge is 0.748 e. The van der Waals surface area contributed by atoms with E-state index >= 15 is 0 Å². The largest absolute Gasteiger partial charge is 1.00 e. The zero-order valence-corrected chi connectivity index (χ0v) is 20.3. The van der Waals surface area contributed by atoms with Gasteiger partial charge in [0, 0.05) is 5.75 Å². The fourth-order valence-corrected chi connectivity index (χ4v) is 3.51. The van der Waals surface area contributed by atoms with Gasteiger partial charge in [0.05, 0.1) is 16.7 Å². The third kappa shape index (κ3) is 13.7. The monoisotopic (exact) mass is 406 g/mol. The van der Waals surface area contributed by atoms with Crippen molar-refractivity contribution in [3.05, 3.63) is 29.3 Å². The van der Waals surface area contributed by atoms with E-state index in [1.165, 1.54) is 56.1 Å². The molecular formula is C21H35NaO4S. The molecule has 1 aromatic carbocycles. The summed E-state index contributed by atoms with van der Waals surface area (Å²) in [6.45, 7) is 4.69. The Morgan fingerprint density at radius 1 is 0.889 bits per heavy atom. The minimum Gasteiger partial charge on any atom is -0.748 e. The molecule has 0 saturated carbocycles. The van der Waals surface area contributed by atoms with Crippen molar-refractivity contribution in [1.29, 1.82) is 0 Å².